The van der Waals surface area contributed by atoms with Crippen molar-refractivity contribution >= 4 is 11.5 Å². The van der Waals surface area contributed by atoms with Crippen LogP contribution in [0.25, 0.3) is 11.3 Å². The lowest BCUT2D eigenvalue weighted by molar-refractivity contribution is 0.443. The van der Waals surface area contributed by atoms with Crippen LogP contribution in [0.5, 0.6) is 0 Å². The van der Waals surface area contributed by atoms with E-state index in [1.807, 2.05) is 0 Å². The minimum Gasteiger partial charge on any atom is -0.326 e. The van der Waals surface area contributed by atoms with Gasteiger partial charge in [-0.05, 0) is 41.9 Å². The second-order valence-electron chi connectivity index (χ2n) is 5.34. The fourth-order valence-corrected chi connectivity index (χ4v) is 3.52. The van der Waals surface area contributed by atoms with Crippen LogP contribution in [-0.4, -0.2) is 4.37 Å². The maximum atomic E-state index is 5.63. The molecular weight excluding hydrogens is 252 g/mol. The van der Waals surface area contributed by atoms with Crippen LogP contribution in [0.15, 0.2) is 30.3 Å². The molecule has 0 aliphatic heterocycles. The molecule has 0 radical (unpaired) electrons. The van der Waals surface area contributed by atoms with Crippen LogP contribution >= 0.6 is 11.5 Å². The van der Waals surface area contributed by atoms with Crippen LogP contribution in [0.2, 0.25) is 0 Å². The quantitative estimate of drug-likeness (QED) is 0.904. The summed E-state index contributed by atoms with van der Waals surface area (Å²) >= 11 is 1.50. The highest BCUT2D eigenvalue weighted by molar-refractivity contribution is 7.06. The summed E-state index contributed by atoms with van der Waals surface area (Å²) in [5.74, 6) is 0.776. The van der Waals surface area contributed by atoms with Crippen molar-refractivity contribution in [2.75, 3.05) is 0 Å². The molecule has 2 N–H and O–H groups in total. The van der Waals surface area contributed by atoms with Gasteiger partial charge in [0, 0.05) is 17.0 Å². The van der Waals surface area contributed by atoms with E-state index in [0.717, 1.165) is 16.5 Å². The highest BCUT2D eigenvalue weighted by atomic mass is 32.1. The maximum Gasteiger partial charge on any atom is 0.0844 e. The smallest absolute Gasteiger partial charge is 0.0844 e. The van der Waals surface area contributed by atoms with Crippen molar-refractivity contribution in [3.05, 3.63) is 40.8 Å². The van der Waals surface area contributed by atoms with Crippen molar-refractivity contribution in [3.8, 4) is 11.3 Å². The number of hydrogen-bond acceptors (Lipinski definition) is 3. The fraction of sp³-hybridized carbons (Fsp3) is 0.438. The molecule has 1 heterocycles. The highest BCUT2D eigenvalue weighted by Gasteiger charge is 2.15. The Kier molecular flexibility index (Phi) is 3.95. The Balaban J connectivity index is 1.78. The molecule has 1 aromatic carbocycles. The van der Waals surface area contributed by atoms with Gasteiger partial charge in [-0.15, -0.1) is 0 Å². The SMILES string of the molecule is NCc1cc(-c2ccc(C3CCCCC3)cc2)ns1. The van der Waals surface area contributed by atoms with E-state index >= 15 is 0 Å². The summed E-state index contributed by atoms with van der Waals surface area (Å²) in [6, 6.07) is 11.1. The first-order chi connectivity index (χ1) is 9.36. The van der Waals surface area contributed by atoms with E-state index in [2.05, 4.69) is 34.7 Å². The molecule has 0 unspecified atom stereocenters. The maximum absolute atomic E-state index is 5.63. The van der Waals surface area contributed by atoms with Crippen molar-refractivity contribution in [2.45, 2.75) is 44.6 Å². The van der Waals surface area contributed by atoms with Gasteiger partial charge >= 0.3 is 0 Å². The van der Waals surface area contributed by atoms with Gasteiger partial charge in [0.1, 0.15) is 0 Å². The molecule has 2 nitrogen and oxygen atoms in total. The van der Waals surface area contributed by atoms with Crippen molar-refractivity contribution in [1.29, 1.82) is 0 Å². The van der Waals surface area contributed by atoms with Gasteiger partial charge in [0.2, 0.25) is 0 Å². The molecule has 100 valence electrons. The Morgan fingerprint density at radius 2 is 1.84 bits per heavy atom. The Bertz CT molecular complexity index is 524. The van der Waals surface area contributed by atoms with Crippen LogP contribution < -0.4 is 5.73 Å². The van der Waals surface area contributed by atoms with Gasteiger partial charge in [0.25, 0.3) is 0 Å². The topological polar surface area (TPSA) is 38.9 Å². The summed E-state index contributed by atoms with van der Waals surface area (Å²) in [7, 11) is 0. The molecular formula is C16H20N2S. The number of aromatic nitrogens is 1. The fourth-order valence-electron chi connectivity index (χ4n) is 2.91. The molecule has 1 aliphatic carbocycles. The predicted octanol–water partition coefficient (Wildman–Crippen LogP) is 4.32. The average Bonchev–Trinajstić information content (AvgIpc) is 2.97. The number of nitrogens with zero attached hydrogens (tertiary/aromatic N) is 1. The molecule has 0 atom stereocenters. The summed E-state index contributed by atoms with van der Waals surface area (Å²) in [6.07, 6.45) is 6.90. The van der Waals surface area contributed by atoms with E-state index < -0.39 is 0 Å². The second-order valence-corrected chi connectivity index (χ2v) is 6.23. The predicted molar refractivity (Wildman–Crippen MR) is 81.3 cm³/mol. The van der Waals surface area contributed by atoms with Crippen molar-refractivity contribution in [2.24, 2.45) is 5.73 Å². The zero-order valence-corrected chi connectivity index (χ0v) is 12.0. The first-order valence-corrected chi connectivity index (χ1v) is 7.90. The van der Waals surface area contributed by atoms with E-state index in [0.29, 0.717) is 6.54 Å². The van der Waals surface area contributed by atoms with Gasteiger partial charge in [-0.2, -0.15) is 4.37 Å². The van der Waals surface area contributed by atoms with Crippen LogP contribution in [0.4, 0.5) is 0 Å². The Morgan fingerprint density at radius 3 is 2.47 bits per heavy atom. The largest absolute Gasteiger partial charge is 0.326 e. The molecule has 1 aromatic heterocycles. The lowest BCUT2D eigenvalue weighted by Crippen LogP contribution is -2.04. The number of rotatable bonds is 3. The summed E-state index contributed by atoms with van der Waals surface area (Å²) in [5, 5.41) is 0. The molecule has 2 aromatic rings. The van der Waals surface area contributed by atoms with Gasteiger partial charge < -0.3 is 5.73 Å². The molecule has 1 aliphatic rings. The lowest BCUT2D eigenvalue weighted by Gasteiger charge is -2.21. The van der Waals surface area contributed by atoms with Gasteiger partial charge in [0.05, 0.1) is 5.69 Å². The van der Waals surface area contributed by atoms with Crippen LogP contribution in [0, 0.1) is 0 Å². The van der Waals surface area contributed by atoms with Gasteiger partial charge in [-0.1, -0.05) is 43.5 Å². The molecule has 1 fully saturated rings. The number of benzene rings is 1. The Hall–Kier alpha value is -1.19. The molecule has 1 saturated carbocycles. The molecule has 0 bridgehead atoms. The molecule has 3 rings (SSSR count). The zero-order chi connectivity index (χ0) is 13.1. The van der Waals surface area contributed by atoms with Gasteiger partial charge in [-0.25, -0.2) is 0 Å². The third-order valence-corrected chi connectivity index (χ3v) is 4.85. The van der Waals surface area contributed by atoms with Gasteiger partial charge in [-0.3, -0.25) is 0 Å². The van der Waals surface area contributed by atoms with E-state index in [9.17, 15) is 0 Å². The standard InChI is InChI=1S/C16H20N2S/c17-11-15-10-16(18-19-15)14-8-6-13(7-9-14)12-4-2-1-3-5-12/h6-10,12H,1-5,11,17H2. The minimum absolute atomic E-state index is 0.581. The molecule has 0 spiro atoms. The first kappa shape index (κ1) is 12.8. The first-order valence-electron chi connectivity index (χ1n) is 7.13. The Labute approximate surface area is 118 Å². The third-order valence-electron chi connectivity index (χ3n) is 4.04. The summed E-state index contributed by atoms with van der Waals surface area (Å²) < 4.78 is 4.46. The van der Waals surface area contributed by atoms with E-state index in [4.69, 9.17) is 5.73 Å². The van der Waals surface area contributed by atoms with Crippen LogP contribution in [0.3, 0.4) is 0 Å². The minimum atomic E-state index is 0.581. The summed E-state index contributed by atoms with van der Waals surface area (Å²) in [6.45, 7) is 0.581. The van der Waals surface area contributed by atoms with Crippen LogP contribution in [-0.2, 0) is 6.54 Å². The van der Waals surface area contributed by atoms with Crippen LogP contribution in [0.1, 0.15) is 48.5 Å². The van der Waals surface area contributed by atoms with E-state index in [1.54, 1.807) is 0 Å². The normalized spacial score (nSPS) is 16.7. The summed E-state index contributed by atoms with van der Waals surface area (Å²) in [4.78, 5) is 1.14. The molecule has 19 heavy (non-hydrogen) atoms. The molecule has 0 saturated heterocycles. The lowest BCUT2D eigenvalue weighted by atomic mass is 9.84. The van der Waals surface area contributed by atoms with Gasteiger partial charge in [0.15, 0.2) is 0 Å². The third kappa shape index (κ3) is 2.88. The van der Waals surface area contributed by atoms with Crippen molar-refractivity contribution in [1.82, 2.24) is 4.37 Å². The van der Waals surface area contributed by atoms with Crippen molar-refractivity contribution in [3.63, 3.8) is 0 Å². The molecule has 3 heteroatoms. The van der Waals surface area contributed by atoms with Crippen molar-refractivity contribution < 1.29 is 0 Å². The number of nitrogens with two attached hydrogens (primary N) is 1. The monoisotopic (exact) mass is 272 g/mol. The number of hydrogen-bond donors (Lipinski definition) is 1. The highest BCUT2D eigenvalue weighted by Crippen LogP contribution is 2.33. The van der Waals surface area contributed by atoms with E-state index in [1.165, 1.54) is 54.8 Å². The molecule has 0 amide bonds. The zero-order valence-electron chi connectivity index (χ0n) is 11.1. The average molecular weight is 272 g/mol. The summed E-state index contributed by atoms with van der Waals surface area (Å²) in [5.41, 5.74) is 9.39. The second kappa shape index (κ2) is 5.85. The Morgan fingerprint density at radius 1 is 1.11 bits per heavy atom. The van der Waals surface area contributed by atoms with E-state index in [-0.39, 0.29) is 0 Å².